The first kappa shape index (κ1) is 11.2. The largest absolute Gasteiger partial charge is 0.479 e. The minimum Gasteiger partial charge on any atom is -0.479 e. The molecule has 0 heterocycles. The maximum atomic E-state index is 10.5. The SMILES string of the molecule is C[C@@H](OCc1cccc(Br)c1)C(=O)O. The zero-order valence-electron chi connectivity index (χ0n) is 7.74. The lowest BCUT2D eigenvalue weighted by Crippen LogP contribution is -2.19. The van der Waals surface area contributed by atoms with Gasteiger partial charge in [0.15, 0.2) is 6.10 Å². The van der Waals surface area contributed by atoms with Crippen LogP contribution in [0.15, 0.2) is 28.7 Å². The molecule has 14 heavy (non-hydrogen) atoms. The van der Waals surface area contributed by atoms with Crippen molar-refractivity contribution in [3.8, 4) is 0 Å². The van der Waals surface area contributed by atoms with E-state index in [0.29, 0.717) is 6.61 Å². The van der Waals surface area contributed by atoms with Crippen LogP contribution >= 0.6 is 15.9 Å². The molecule has 0 saturated carbocycles. The molecule has 0 fully saturated rings. The number of hydrogen-bond donors (Lipinski definition) is 1. The summed E-state index contributed by atoms with van der Waals surface area (Å²) in [7, 11) is 0. The summed E-state index contributed by atoms with van der Waals surface area (Å²) in [4.78, 5) is 10.5. The molecular formula is C10H11BrO3. The van der Waals surface area contributed by atoms with Crippen molar-refractivity contribution in [2.24, 2.45) is 0 Å². The summed E-state index contributed by atoms with van der Waals surface area (Å²) in [5.74, 6) is -0.944. The number of carboxylic acids is 1. The number of benzene rings is 1. The Bertz CT molecular complexity index is 325. The van der Waals surface area contributed by atoms with Crippen molar-refractivity contribution >= 4 is 21.9 Å². The average molecular weight is 259 g/mol. The number of rotatable bonds is 4. The second-order valence-corrected chi connectivity index (χ2v) is 3.84. The van der Waals surface area contributed by atoms with Crippen LogP contribution in [0.1, 0.15) is 12.5 Å². The molecule has 0 aliphatic heterocycles. The van der Waals surface area contributed by atoms with Gasteiger partial charge in [-0.1, -0.05) is 28.1 Å². The molecule has 1 N–H and O–H groups in total. The first-order valence-electron chi connectivity index (χ1n) is 4.18. The zero-order chi connectivity index (χ0) is 10.6. The van der Waals surface area contributed by atoms with Gasteiger partial charge in [0.25, 0.3) is 0 Å². The van der Waals surface area contributed by atoms with Crippen molar-refractivity contribution in [3.63, 3.8) is 0 Å². The van der Waals surface area contributed by atoms with E-state index in [-0.39, 0.29) is 0 Å². The van der Waals surface area contributed by atoms with Crippen LogP contribution in [0.3, 0.4) is 0 Å². The van der Waals surface area contributed by atoms with Crippen LogP contribution < -0.4 is 0 Å². The van der Waals surface area contributed by atoms with Crippen molar-refractivity contribution in [1.29, 1.82) is 0 Å². The minimum absolute atomic E-state index is 0.312. The van der Waals surface area contributed by atoms with Crippen LogP contribution in [-0.4, -0.2) is 17.2 Å². The third kappa shape index (κ3) is 3.47. The quantitative estimate of drug-likeness (QED) is 0.903. The fourth-order valence-corrected chi connectivity index (χ4v) is 1.37. The third-order valence-electron chi connectivity index (χ3n) is 1.74. The Balaban J connectivity index is 2.49. The van der Waals surface area contributed by atoms with Gasteiger partial charge in [-0.05, 0) is 24.6 Å². The minimum atomic E-state index is -0.944. The van der Waals surface area contributed by atoms with E-state index in [2.05, 4.69) is 15.9 Å². The summed E-state index contributed by atoms with van der Waals surface area (Å²) in [6.45, 7) is 1.83. The second-order valence-electron chi connectivity index (χ2n) is 2.92. The van der Waals surface area contributed by atoms with E-state index < -0.39 is 12.1 Å². The number of hydrogen-bond acceptors (Lipinski definition) is 2. The number of halogens is 1. The first-order valence-corrected chi connectivity index (χ1v) is 4.98. The molecule has 0 aromatic heterocycles. The fourth-order valence-electron chi connectivity index (χ4n) is 0.919. The molecule has 3 nitrogen and oxygen atoms in total. The van der Waals surface area contributed by atoms with E-state index >= 15 is 0 Å². The zero-order valence-corrected chi connectivity index (χ0v) is 9.32. The number of aliphatic carboxylic acids is 1. The van der Waals surface area contributed by atoms with Gasteiger partial charge in [-0.2, -0.15) is 0 Å². The second kappa shape index (κ2) is 5.12. The van der Waals surface area contributed by atoms with Crippen LogP contribution in [0.2, 0.25) is 0 Å². The smallest absolute Gasteiger partial charge is 0.332 e. The average Bonchev–Trinajstić information content (AvgIpc) is 2.14. The highest BCUT2D eigenvalue weighted by molar-refractivity contribution is 9.10. The summed E-state index contributed by atoms with van der Waals surface area (Å²) in [6, 6.07) is 7.58. The summed E-state index contributed by atoms with van der Waals surface area (Å²) >= 11 is 3.33. The highest BCUT2D eigenvalue weighted by Crippen LogP contribution is 2.12. The highest BCUT2D eigenvalue weighted by atomic mass is 79.9. The fraction of sp³-hybridized carbons (Fsp3) is 0.300. The Labute approximate surface area is 90.8 Å². The summed E-state index contributed by atoms with van der Waals surface area (Å²) in [6.07, 6.45) is -0.769. The lowest BCUT2D eigenvalue weighted by atomic mass is 10.2. The van der Waals surface area contributed by atoms with Gasteiger partial charge in [-0.15, -0.1) is 0 Å². The molecule has 4 heteroatoms. The molecule has 0 unspecified atom stereocenters. The van der Waals surface area contributed by atoms with Crippen LogP contribution in [-0.2, 0) is 16.1 Å². The van der Waals surface area contributed by atoms with Crippen LogP contribution in [0.25, 0.3) is 0 Å². The van der Waals surface area contributed by atoms with Crippen LogP contribution in [0.5, 0.6) is 0 Å². The Morgan fingerprint density at radius 1 is 1.64 bits per heavy atom. The lowest BCUT2D eigenvalue weighted by molar-refractivity contribution is -0.149. The van der Waals surface area contributed by atoms with E-state index in [4.69, 9.17) is 9.84 Å². The molecule has 76 valence electrons. The molecule has 0 bridgehead atoms. The molecule has 1 aromatic rings. The molecule has 1 rings (SSSR count). The van der Waals surface area contributed by atoms with Gasteiger partial charge in [0.1, 0.15) is 0 Å². The number of carbonyl (C=O) groups is 1. The highest BCUT2D eigenvalue weighted by Gasteiger charge is 2.10. The predicted octanol–water partition coefficient (Wildman–Crippen LogP) is 2.44. The Morgan fingerprint density at radius 3 is 2.93 bits per heavy atom. The van der Waals surface area contributed by atoms with Crippen LogP contribution in [0, 0.1) is 0 Å². The molecule has 0 spiro atoms. The van der Waals surface area contributed by atoms with Gasteiger partial charge in [-0.3, -0.25) is 0 Å². The van der Waals surface area contributed by atoms with Crippen molar-refractivity contribution in [3.05, 3.63) is 34.3 Å². The van der Waals surface area contributed by atoms with Gasteiger partial charge in [0, 0.05) is 4.47 Å². The van der Waals surface area contributed by atoms with E-state index in [1.165, 1.54) is 6.92 Å². The normalized spacial score (nSPS) is 12.4. The topological polar surface area (TPSA) is 46.5 Å². The van der Waals surface area contributed by atoms with Gasteiger partial charge >= 0.3 is 5.97 Å². The van der Waals surface area contributed by atoms with Gasteiger partial charge < -0.3 is 9.84 Å². The Morgan fingerprint density at radius 2 is 2.36 bits per heavy atom. The van der Waals surface area contributed by atoms with Crippen molar-refractivity contribution < 1.29 is 14.6 Å². The molecule has 0 aliphatic carbocycles. The molecule has 1 aromatic carbocycles. The third-order valence-corrected chi connectivity index (χ3v) is 2.23. The van der Waals surface area contributed by atoms with Crippen molar-refractivity contribution in [2.45, 2.75) is 19.6 Å². The first-order chi connectivity index (χ1) is 6.59. The monoisotopic (exact) mass is 258 g/mol. The lowest BCUT2D eigenvalue weighted by Gasteiger charge is -2.08. The van der Waals surface area contributed by atoms with Crippen LogP contribution in [0.4, 0.5) is 0 Å². The molecule has 0 radical (unpaired) electrons. The van der Waals surface area contributed by atoms with Gasteiger partial charge in [-0.25, -0.2) is 4.79 Å². The maximum absolute atomic E-state index is 10.5. The number of ether oxygens (including phenoxy) is 1. The van der Waals surface area contributed by atoms with E-state index in [0.717, 1.165) is 10.0 Å². The van der Waals surface area contributed by atoms with E-state index in [9.17, 15) is 4.79 Å². The van der Waals surface area contributed by atoms with Crippen molar-refractivity contribution in [2.75, 3.05) is 0 Å². The molecule has 0 aliphatic rings. The molecule has 0 amide bonds. The summed E-state index contributed by atoms with van der Waals surface area (Å²) in [5, 5.41) is 8.58. The van der Waals surface area contributed by atoms with Crippen molar-refractivity contribution in [1.82, 2.24) is 0 Å². The molecular weight excluding hydrogens is 248 g/mol. The van der Waals surface area contributed by atoms with E-state index in [1.807, 2.05) is 24.3 Å². The van der Waals surface area contributed by atoms with E-state index in [1.54, 1.807) is 0 Å². The Hall–Kier alpha value is -0.870. The Kier molecular flexibility index (Phi) is 4.10. The maximum Gasteiger partial charge on any atom is 0.332 e. The van der Waals surface area contributed by atoms with Gasteiger partial charge in [0.2, 0.25) is 0 Å². The molecule has 0 saturated heterocycles. The predicted molar refractivity (Wildman–Crippen MR) is 56.0 cm³/mol. The van der Waals surface area contributed by atoms with Gasteiger partial charge in [0.05, 0.1) is 6.61 Å². The molecule has 1 atom stereocenters. The standard InChI is InChI=1S/C10H11BrO3/c1-7(10(12)13)14-6-8-3-2-4-9(11)5-8/h2-5,7H,6H2,1H3,(H,12,13)/t7-/m1/s1. The number of carboxylic acid groups (broad SMARTS) is 1. The summed E-state index contributed by atoms with van der Waals surface area (Å²) < 4.78 is 6.08. The summed E-state index contributed by atoms with van der Waals surface area (Å²) in [5.41, 5.74) is 0.951.